The van der Waals surface area contributed by atoms with Gasteiger partial charge in [-0.15, -0.1) is 0 Å². The Bertz CT molecular complexity index is 885. The fourth-order valence-corrected chi connectivity index (χ4v) is 2.88. The van der Waals surface area contributed by atoms with Crippen molar-refractivity contribution in [3.63, 3.8) is 0 Å². The zero-order valence-corrected chi connectivity index (χ0v) is 17.2. The average Bonchev–Trinajstić information content (AvgIpc) is 2.65. The van der Waals surface area contributed by atoms with Crippen LogP contribution in [-0.4, -0.2) is 31.2 Å². The molecule has 1 unspecified atom stereocenters. The molecule has 0 heterocycles. The van der Waals surface area contributed by atoms with E-state index in [9.17, 15) is 9.59 Å². The predicted molar refractivity (Wildman–Crippen MR) is 111 cm³/mol. The third kappa shape index (κ3) is 5.97. The van der Waals surface area contributed by atoms with E-state index >= 15 is 0 Å². The molecule has 148 valence electrons. The smallest absolute Gasteiger partial charge is 0.262 e. The molecule has 2 rings (SSSR count). The van der Waals surface area contributed by atoms with Gasteiger partial charge in [-0.2, -0.15) is 5.10 Å². The van der Waals surface area contributed by atoms with Gasteiger partial charge >= 0.3 is 0 Å². The molecule has 28 heavy (non-hydrogen) atoms. The standard InChI is InChI=1S/C20H21Cl2N3O3/c1-12(2)18(24-19(26)16-8-7-14(21)10-17(16)22)20(27)25-23-11-13-5-4-6-15(9-13)28-3/h4-12,18H,1-3H3,(H,24,26)(H,25,27). The van der Waals surface area contributed by atoms with Crippen LogP contribution in [0.5, 0.6) is 5.75 Å². The molecule has 8 heteroatoms. The third-order valence-electron chi connectivity index (χ3n) is 3.89. The van der Waals surface area contributed by atoms with Crippen molar-refractivity contribution in [2.24, 2.45) is 11.0 Å². The van der Waals surface area contributed by atoms with Gasteiger partial charge in [0.2, 0.25) is 0 Å². The number of carbonyl (C=O) groups is 2. The highest BCUT2D eigenvalue weighted by molar-refractivity contribution is 6.36. The fourth-order valence-electron chi connectivity index (χ4n) is 2.39. The van der Waals surface area contributed by atoms with Gasteiger partial charge in [0.05, 0.1) is 23.9 Å². The summed E-state index contributed by atoms with van der Waals surface area (Å²) in [6, 6.07) is 11.0. The van der Waals surface area contributed by atoms with E-state index in [1.807, 2.05) is 32.0 Å². The molecule has 0 radical (unpaired) electrons. The number of methoxy groups -OCH3 is 1. The number of halogens is 2. The summed E-state index contributed by atoms with van der Waals surface area (Å²) in [4.78, 5) is 25.0. The Hall–Kier alpha value is -2.57. The summed E-state index contributed by atoms with van der Waals surface area (Å²) in [5.74, 6) is -0.385. The quantitative estimate of drug-likeness (QED) is 0.525. The maximum Gasteiger partial charge on any atom is 0.262 e. The Kier molecular flexibility index (Phi) is 7.84. The number of carbonyl (C=O) groups excluding carboxylic acids is 2. The van der Waals surface area contributed by atoms with Gasteiger partial charge in [-0.1, -0.05) is 49.2 Å². The fraction of sp³-hybridized carbons (Fsp3) is 0.250. The molecule has 0 spiro atoms. The van der Waals surface area contributed by atoms with Crippen LogP contribution in [0.4, 0.5) is 0 Å². The van der Waals surface area contributed by atoms with Crippen LogP contribution in [0.15, 0.2) is 47.6 Å². The molecular formula is C20H21Cl2N3O3. The van der Waals surface area contributed by atoms with Crippen LogP contribution in [0.2, 0.25) is 10.0 Å². The molecule has 0 aliphatic heterocycles. The van der Waals surface area contributed by atoms with Crippen molar-refractivity contribution >= 4 is 41.2 Å². The van der Waals surface area contributed by atoms with E-state index in [0.717, 1.165) is 5.56 Å². The molecule has 6 nitrogen and oxygen atoms in total. The normalized spacial score (nSPS) is 12.1. The topological polar surface area (TPSA) is 79.8 Å². The Balaban J connectivity index is 2.05. The van der Waals surface area contributed by atoms with Gasteiger partial charge in [0.1, 0.15) is 11.8 Å². The van der Waals surface area contributed by atoms with Gasteiger partial charge in [0.15, 0.2) is 0 Å². The molecule has 2 aromatic rings. The largest absolute Gasteiger partial charge is 0.497 e. The minimum atomic E-state index is -0.790. The Morgan fingerprint density at radius 2 is 1.89 bits per heavy atom. The second-order valence-corrected chi connectivity index (χ2v) is 7.17. The molecule has 0 bridgehead atoms. The van der Waals surface area contributed by atoms with E-state index in [1.165, 1.54) is 18.3 Å². The van der Waals surface area contributed by atoms with Crippen molar-refractivity contribution in [2.45, 2.75) is 19.9 Å². The molecule has 0 aromatic heterocycles. The van der Waals surface area contributed by atoms with Crippen LogP contribution in [0, 0.1) is 5.92 Å². The summed E-state index contributed by atoms with van der Waals surface area (Å²) in [5.41, 5.74) is 3.45. The second kappa shape index (κ2) is 10.1. The van der Waals surface area contributed by atoms with E-state index in [4.69, 9.17) is 27.9 Å². The number of amides is 2. The molecule has 2 amide bonds. The molecule has 2 aromatic carbocycles. The van der Waals surface area contributed by atoms with E-state index in [1.54, 1.807) is 19.2 Å². The molecule has 1 atom stereocenters. The summed E-state index contributed by atoms with van der Waals surface area (Å²) >= 11 is 11.9. The maximum atomic E-state index is 12.5. The lowest BCUT2D eigenvalue weighted by Gasteiger charge is -2.20. The van der Waals surface area contributed by atoms with E-state index in [-0.39, 0.29) is 16.5 Å². The molecule has 0 aliphatic carbocycles. The van der Waals surface area contributed by atoms with Gasteiger partial charge in [0, 0.05) is 5.02 Å². The summed E-state index contributed by atoms with van der Waals surface area (Å²) in [6.45, 7) is 3.64. The molecule has 0 saturated carbocycles. The number of hydrazone groups is 1. The summed E-state index contributed by atoms with van der Waals surface area (Å²) < 4.78 is 5.14. The van der Waals surface area contributed by atoms with E-state index < -0.39 is 17.9 Å². The molecule has 0 aliphatic rings. The first-order valence-corrected chi connectivity index (χ1v) is 9.30. The highest BCUT2D eigenvalue weighted by Gasteiger charge is 2.25. The minimum absolute atomic E-state index is 0.165. The number of nitrogens with one attached hydrogen (secondary N) is 2. The van der Waals surface area contributed by atoms with Crippen LogP contribution in [0.25, 0.3) is 0 Å². The minimum Gasteiger partial charge on any atom is -0.497 e. The zero-order chi connectivity index (χ0) is 20.7. The first-order chi connectivity index (χ1) is 13.3. The number of hydrogen-bond donors (Lipinski definition) is 2. The first kappa shape index (κ1) is 21.7. The van der Waals surface area contributed by atoms with Crippen LogP contribution in [0.3, 0.4) is 0 Å². The predicted octanol–water partition coefficient (Wildman–Crippen LogP) is 3.91. The van der Waals surface area contributed by atoms with Crippen molar-refractivity contribution in [3.8, 4) is 5.75 Å². The second-order valence-electron chi connectivity index (χ2n) is 6.33. The summed E-state index contributed by atoms with van der Waals surface area (Å²) in [6.07, 6.45) is 1.50. The summed E-state index contributed by atoms with van der Waals surface area (Å²) in [5, 5.41) is 7.28. The van der Waals surface area contributed by atoms with Crippen molar-refractivity contribution in [2.75, 3.05) is 7.11 Å². The molecule has 0 saturated heterocycles. The average molecular weight is 422 g/mol. The lowest BCUT2D eigenvalue weighted by molar-refractivity contribution is -0.123. The molecule has 2 N–H and O–H groups in total. The Morgan fingerprint density at radius 3 is 2.54 bits per heavy atom. The van der Waals surface area contributed by atoms with Gasteiger partial charge < -0.3 is 10.1 Å². The van der Waals surface area contributed by atoms with Gasteiger partial charge in [-0.3, -0.25) is 9.59 Å². The summed E-state index contributed by atoms with van der Waals surface area (Å²) in [7, 11) is 1.57. The van der Waals surface area contributed by atoms with Crippen LogP contribution in [0.1, 0.15) is 29.8 Å². The van der Waals surface area contributed by atoms with Crippen molar-refractivity contribution in [1.82, 2.24) is 10.7 Å². The first-order valence-electron chi connectivity index (χ1n) is 8.54. The van der Waals surface area contributed by atoms with Crippen LogP contribution in [-0.2, 0) is 4.79 Å². The number of ether oxygens (including phenoxy) is 1. The number of nitrogens with zero attached hydrogens (tertiary/aromatic N) is 1. The van der Waals surface area contributed by atoms with Crippen LogP contribution >= 0.6 is 23.2 Å². The van der Waals surface area contributed by atoms with Crippen molar-refractivity contribution in [3.05, 3.63) is 63.6 Å². The Labute approximate surface area is 173 Å². The van der Waals surface area contributed by atoms with Crippen LogP contribution < -0.4 is 15.5 Å². The number of benzene rings is 2. The number of rotatable bonds is 7. The highest BCUT2D eigenvalue weighted by atomic mass is 35.5. The van der Waals surface area contributed by atoms with Gasteiger partial charge in [-0.25, -0.2) is 5.43 Å². The van der Waals surface area contributed by atoms with Crippen molar-refractivity contribution in [1.29, 1.82) is 0 Å². The lowest BCUT2D eigenvalue weighted by Crippen LogP contribution is -2.48. The number of hydrogen-bond acceptors (Lipinski definition) is 4. The van der Waals surface area contributed by atoms with E-state index in [2.05, 4.69) is 15.8 Å². The van der Waals surface area contributed by atoms with Crippen molar-refractivity contribution < 1.29 is 14.3 Å². The lowest BCUT2D eigenvalue weighted by atomic mass is 10.0. The zero-order valence-electron chi connectivity index (χ0n) is 15.7. The maximum absolute atomic E-state index is 12.5. The monoisotopic (exact) mass is 421 g/mol. The SMILES string of the molecule is COc1cccc(C=NNC(=O)C(NC(=O)c2ccc(Cl)cc2Cl)C(C)C)c1. The van der Waals surface area contributed by atoms with Gasteiger partial charge in [-0.05, 0) is 41.8 Å². The third-order valence-corrected chi connectivity index (χ3v) is 4.44. The highest BCUT2D eigenvalue weighted by Crippen LogP contribution is 2.21. The Morgan fingerprint density at radius 1 is 1.14 bits per heavy atom. The van der Waals surface area contributed by atoms with Gasteiger partial charge in [0.25, 0.3) is 11.8 Å². The molecular weight excluding hydrogens is 401 g/mol. The van der Waals surface area contributed by atoms with E-state index in [0.29, 0.717) is 10.8 Å². The molecule has 0 fully saturated rings.